The zero-order valence-corrected chi connectivity index (χ0v) is 22.2. The molecule has 2 aromatic carbocycles. The Morgan fingerprint density at radius 2 is 1.84 bits per heavy atom. The molecule has 1 unspecified atom stereocenters. The van der Waals surface area contributed by atoms with Crippen molar-refractivity contribution in [3.05, 3.63) is 98.4 Å². The summed E-state index contributed by atoms with van der Waals surface area (Å²) in [5, 5.41) is 18.8. The Bertz CT molecular complexity index is 1400. The van der Waals surface area contributed by atoms with Gasteiger partial charge in [-0.15, -0.1) is 11.3 Å². The quantitative estimate of drug-likeness (QED) is 0.341. The lowest BCUT2D eigenvalue weighted by Gasteiger charge is -2.29. The number of amides is 1. The van der Waals surface area contributed by atoms with Gasteiger partial charge in [0, 0.05) is 21.7 Å². The molecule has 1 aliphatic heterocycles. The fourth-order valence-electron chi connectivity index (χ4n) is 4.00. The van der Waals surface area contributed by atoms with Crippen LogP contribution in [0.25, 0.3) is 0 Å². The normalized spacial score (nSPS) is 15.0. The summed E-state index contributed by atoms with van der Waals surface area (Å²) in [5.74, 6) is 0.361. The van der Waals surface area contributed by atoms with Gasteiger partial charge in [-0.25, -0.2) is 0 Å². The number of benzene rings is 2. The molecule has 37 heavy (non-hydrogen) atoms. The number of nitrogens with one attached hydrogen (secondary N) is 2. The predicted octanol–water partition coefficient (Wildman–Crippen LogP) is 5.72. The van der Waals surface area contributed by atoms with Gasteiger partial charge in [0.25, 0.3) is 5.91 Å². The molecule has 0 aliphatic carbocycles. The molecule has 0 bridgehead atoms. The highest BCUT2D eigenvalue weighted by Crippen LogP contribution is 2.42. The second-order valence-corrected chi connectivity index (χ2v) is 10.0. The Labute approximate surface area is 223 Å². The molecule has 0 spiro atoms. The standard InChI is InChI=1S/C28H25N3O4S2/c1-17-25(27(33)31-21-7-4-5-8-23(21)35-3)26(24-9-6-14-36-24)20(15-29)28(30-17)37-16-22(32)18-10-12-19(34-2)13-11-18/h4-14,26,30H,16H2,1-3H3,(H,31,33). The van der Waals surface area contributed by atoms with Crippen LogP contribution in [0.3, 0.4) is 0 Å². The van der Waals surface area contributed by atoms with Crippen LogP contribution in [-0.4, -0.2) is 31.7 Å². The van der Waals surface area contributed by atoms with Crippen molar-refractivity contribution in [2.75, 3.05) is 25.3 Å². The van der Waals surface area contributed by atoms with Gasteiger partial charge in [-0.3, -0.25) is 9.59 Å². The minimum Gasteiger partial charge on any atom is -0.497 e. The number of nitriles is 1. The molecule has 0 fully saturated rings. The van der Waals surface area contributed by atoms with Crippen molar-refractivity contribution in [1.82, 2.24) is 5.32 Å². The van der Waals surface area contributed by atoms with Crippen LogP contribution in [0.1, 0.15) is 28.1 Å². The Morgan fingerprint density at radius 3 is 2.49 bits per heavy atom. The van der Waals surface area contributed by atoms with Crippen molar-refractivity contribution in [3.63, 3.8) is 0 Å². The molecule has 0 saturated heterocycles. The maximum atomic E-state index is 13.6. The van der Waals surface area contributed by atoms with Gasteiger partial charge in [-0.05, 0) is 54.8 Å². The molecule has 3 aromatic rings. The molecule has 2 heterocycles. The summed E-state index contributed by atoms with van der Waals surface area (Å²) in [6, 6.07) is 20.2. The highest BCUT2D eigenvalue weighted by atomic mass is 32.2. The second-order valence-electron chi connectivity index (χ2n) is 8.06. The average Bonchev–Trinajstić information content (AvgIpc) is 3.46. The minimum atomic E-state index is -0.570. The molecule has 7 nitrogen and oxygen atoms in total. The number of allylic oxidation sites excluding steroid dienone is 2. The van der Waals surface area contributed by atoms with Crippen LogP contribution in [-0.2, 0) is 4.79 Å². The first-order valence-electron chi connectivity index (χ1n) is 11.4. The molecule has 2 N–H and O–H groups in total. The van der Waals surface area contributed by atoms with Gasteiger partial charge < -0.3 is 20.1 Å². The Hall–Kier alpha value is -4.00. The first kappa shape index (κ1) is 26.1. The van der Waals surface area contributed by atoms with Crippen LogP contribution in [0, 0.1) is 11.3 Å². The number of ketones is 1. The molecular formula is C28H25N3O4S2. The number of dihydropyridines is 1. The molecule has 1 aromatic heterocycles. The molecule has 188 valence electrons. The third-order valence-electron chi connectivity index (χ3n) is 5.83. The van der Waals surface area contributed by atoms with Crippen LogP contribution in [0.4, 0.5) is 5.69 Å². The van der Waals surface area contributed by atoms with Crippen LogP contribution in [0.2, 0.25) is 0 Å². The predicted molar refractivity (Wildman–Crippen MR) is 147 cm³/mol. The zero-order chi connectivity index (χ0) is 26.4. The van der Waals surface area contributed by atoms with E-state index in [-0.39, 0.29) is 17.4 Å². The number of methoxy groups -OCH3 is 2. The lowest BCUT2D eigenvalue weighted by atomic mass is 9.86. The summed E-state index contributed by atoms with van der Waals surface area (Å²) in [6.45, 7) is 1.80. The summed E-state index contributed by atoms with van der Waals surface area (Å²) in [6.07, 6.45) is 0. The van der Waals surface area contributed by atoms with Crippen molar-refractivity contribution in [1.29, 1.82) is 5.26 Å². The van der Waals surface area contributed by atoms with Gasteiger partial charge in [0.2, 0.25) is 0 Å². The topological polar surface area (TPSA) is 100 Å². The number of carbonyl (C=O) groups excluding carboxylic acids is 2. The fraction of sp³-hybridized carbons (Fsp3) is 0.179. The van der Waals surface area contributed by atoms with Crippen LogP contribution in [0.15, 0.2) is 87.9 Å². The number of hydrogen-bond acceptors (Lipinski definition) is 8. The van der Waals surface area contributed by atoms with Crippen LogP contribution in [0.5, 0.6) is 11.5 Å². The third kappa shape index (κ3) is 5.71. The Kier molecular flexibility index (Phi) is 8.33. The summed E-state index contributed by atoms with van der Waals surface area (Å²) in [5.41, 5.74) is 2.54. The molecule has 1 amide bonds. The zero-order valence-electron chi connectivity index (χ0n) is 20.5. The molecular weight excluding hydrogens is 506 g/mol. The number of Topliss-reactive ketones (excluding diaryl/α,β-unsaturated/α-hetero) is 1. The fourth-order valence-corrected chi connectivity index (χ4v) is 5.83. The SMILES string of the molecule is COc1ccc(C(=O)CSC2=C(C#N)C(c3cccs3)C(C(=O)Nc3ccccc3OC)=C(C)N2)cc1. The van der Waals surface area contributed by atoms with E-state index in [9.17, 15) is 14.9 Å². The van der Waals surface area contributed by atoms with E-state index in [4.69, 9.17) is 9.47 Å². The van der Waals surface area contributed by atoms with Crippen molar-refractivity contribution >= 4 is 40.5 Å². The molecule has 1 atom stereocenters. The highest BCUT2D eigenvalue weighted by Gasteiger charge is 2.35. The maximum Gasteiger partial charge on any atom is 0.254 e. The van der Waals surface area contributed by atoms with E-state index in [0.717, 1.165) is 4.88 Å². The van der Waals surface area contributed by atoms with Gasteiger partial charge in [0.15, 0.2) is 5.78 Å². The highest BCUT2D eigenvalue weighted by molar-refractivity contribution is 8.03. The smallest absolute Gasteiger partial charge is 0.254 e. The van der Waals surface area contributed by atoms with E-state index in [1.807, 2.05) is 29.6 Å². The van der Waals surface area contributed by atoms with Gasteiger partial charge in [-0.2, -0.15) is 5.26 Å². The number of thioether (sulfide) groups is 1. The summed E-state index contributed by atoms with van der Waals surface area (Å²) in [7, 11) is 3.11. The van der Waals surface area contributed by atoms with E-state index >= 15 is 0 Å². The summed E-state index contributed by atoms with van der Waals surface area (Å²) < 4.78 is 10.5. The number of anilines is 1. The average molecular weight is 532 g/mol. The molecule has 4 rings (SSSR count). The number of rotatable bonds is 9. The van der Waals surface area contributed by atoms with E-state index < -0.39 is 5.92 Å². The number of ether oxygens (including phenoxy) is 2. The molecule has 1 aliphatic rings. The minimum absolute atomic E-state index is 0.0757. The van der Waals surface area contributed by atoms with Crippen molar-refractivity contribution < 1.29 is 19.1 Å². The monoisotopic (exact) mass is 531 g/mol. The lowest BCUT2D eigenvalue weighted by Crippen LogP contribution is -2.30. The molecule has 0 radical (unpaired) electrons. The first-order valence-corrected chi connectivity index (χ1v) is 13.2. The third-order valence-corrected chi connectivity index (χ3v) is 7.79. The number of nitrogens with zero attached hydrogens (tertiary/aromatic N) is 1. The van der Waals surface area contributed by atoms with Gasteiger partial charge in [0.05, 0.1) is 48.2 Å². The maximum absolute atomic E-state index is 13.6. The molecule has 0 saturated carbocycles. The van der Waals surface area contributed by atoms with Crippen molar-refractivity contribution in [2.24, 2.45) is 0 Å². The van der Waals surface area contributed by atoms with Crippen molar-refractivity contribution in [2.45, 2.75) is 12.8 Å². The number of para-hydroxylation sites is 2. The van der Waals surface area contributed by atoms with Crippen molar-refractivity contribution in [3.8, 4) is 17.6 Å². The molecule has 9 heteroatoms. The van der Waals surface area contributed by atoms with Crippen LogP contribution < -0.4 is 20.1 Å². The first-order chi connectivity index (χ1) is 18.0. The largest absolute Gasteiger partial charge is 0.497 e. The second kappa shape index (κ2) is 11.8. The lowest BCUT2D eigenvalue weighted by molar-refractivity contribution is -0.113. The van der Waals surface area contributed by atoms with E-state index in [1.54, 1.807) is 57.5 Å². The van der Waals surface area contributed by atoms with E-state index in [1.165, 1.54) is 23.1 Å². The summed E-state index contributed by atoms with van der Waals surface area (Å²) in [4.78, 5) is 27.3. The van der Waals surface area contributed by atoms with Crippen LogP contribution >= 0.6 is 23.1 Å². The summed E-state index contributed by atoms with van der Waals surface area (Å²) >= 11 is 2.73. The van der Waals surface area contributed by atoms with Gasteiger partial charge >= 0.3 is 0 Å². The Morgan fingerprint density at radius 1 is 1.08 bits per heavy atom. The number of thiophene rings is 1. The van der Waals surface area contributed by atoms with Gasteiger partial charge in [-0.1, -0.05) is 30.0 Å². The van der Waals surface area contributed by atoms with Gasteiger partial charge in [0.1, 0.15) is 11.5 Å². The number of hydrogen-bond donors (Lipinski definition) is 2. The van der Waals surface area contributed by atoms with E-state index in [2.05, 4.69) is 16.7 Å². The number of carbonyl (C=O) groups is 2. The Balaban J connectivity index is 1.62. The van der Waals surface area contributed by atoms with E-state index in [0.29, 0.717) is 44.6 Å².